The molecular weight excluding hydrogens is 282 g/mol. The van der Waals surface area contributed by atoms with Gasteiger partial charge in [0.15, 0.2) is 5.75 Å². The number of para-hydroxylation sites is 1. The van der Waals surface area contributed by atoms with Crippen LogP contribution in [0, 0.1) is 0 Å². The fraction of sp³-hybridized carbons (Fsp3) is 0.462. The van der Waals surface area contributed by atoms with Crippen LogP contribution < -0.4 is 0 Å². The van der Waals surface area contributed by atoms with Gasteiger partial charge in [0.25, 0.3) is 0 Å². The lowest BCUT2D eigenvalue weighted by Crippen LogP contribution is -2.35. The Morgan fingerprint density at radius 1 is 1.40 bits per heavy atom. The summed E-state index contributed by atoms with van der Waals surface area (Å²) in [6.07, 6.45) is 0. The SMILES string of the molecule is CCOC(=O)CS(=O)(=O)N(C)C(C)c1ccccc1O. The zero-order valence-electron chi connectivity index (χ0n) is 11.7. The van der Waals surface area contributed by atoms with E-state index < -0.39 is 27.8 Å². The van der Waals surface area contributed by atoms with Gasteiger partial charge in [-0.3, -0.25) is 4.79 Å². The van der Waals surface area contributed by atoms with E-state index in [-0.39, 0.29) is 12.4 Å². The maximum Gasteiger partial charge on any atom is 0.322 e. The standard InChI is InChI=1S/C13H19NO5S/c1-4-19-13(16)9-20(17,18)14(3)10(2)11-7-5-6-8-12(11)15/h5-8,10,15H,4,9H2,1-3H3. The van der Waals surface area contributed by atoms with Crippen molar-refractivity contribution in [2.75, 3.05) is 19.4 Å². The molecule has 0 bridgehead atoms. The number of aromatic hydroxyl groups is 1. The summed E-state index contributed by atoms with van der Waals surface area (Å²) in [5, 5.41) is 9.75. The lowest BCUT2D eigenvalue weighted by Gasteiger charge is -2.24. The average Bonchev–Trinajstić information content (AvgIpc) is 2.37. The lowest BCUT2D eigenvalue weighted by molar-refractivity contribution is -0.140. The number of phenols is 1. The molecule has 0 aliphatic heterocycles. The summed E-state index contributed by atoms with van der Waals surface area (Å²) in [4.78, 5) is 11.3. The summed E-state index contributed by atoms with van der Waals surface area (Å²) < 4.78 is 29.9. The molecule has 0 aromatic heterocycles. The van der Waals surface area contributed by atoms with Crippen molar-refractivity contribution in [3.05, 3.63) is 29.8 Å². The second-order valence-electron chi connectivity index (χ2n) is 4.31. The monoisotopic (exact) mass is 301 g/mol. The third kappa shape index (κ3) is 3.94. The van der Waals surface area contributed by atoms with Crippen molar-refractivity contribution in [1.29, 1.82) is 0 Å². The third-order valence-electron chi connectivity index (χ3n) is 2.98. The molecular formula is C13H19NO5S. The highest BCUT2D eigenvalue weighted by atomic mass is 32.2. The van der Waals surface area contributed by atoms with Crippen molar-refractivity contribution < 1.29 is 23.1 Å². The van der Waals surface area contributed by atoms with Crippen molar-refractivity contribution in [1.82, 2.24) is 4.31 Å². The largest absolute Gasteiger partial charge is 0.508 e. The molecule has 0 radical (unpaired) electrons. The summed E-state index contributed by atoms with van der Waals surface area (Å²) in [5.74, 6) is -1.49. The Balaban J connectivity index is 2.91. The normalized spacial score (nSPS) is 13.2. The first-order valence-electron chi connectivity index (χ1n) is 6.18. The number of ether oxygens (including phenoxy) is 1. The van der Waals surface area contributed by atoms with Crippen LogP contribution in [-0.2, 0) is 19.6 Å². The summed E-state index contributed by atoms with van der Waals surface area (Å²) in [7, 11) is -2.43. The van der Waals surface area contributed by atoms with E-state index in [4.69, 9.17) is 0 Å². The average molecular weight is 301 g/mol. The van der Waals surface area contributed by atoms with Crippen LogP contribution in [-0.4, -0.2) is 43.2 Å². The van der Waals surface area contributed by atoms with Gasteiger partial charge in [-0.1, -0.05) is 18.2 Å². The van der Waals surface area contributed by atoms with E-state index in [1.165, 1.54) is 13.1 Å². The third-order valence-corrected chi connectivity index (χ3v) is 4.77. The molecule has 0 heterocycles. The number of sulfonamides is 1. The molecule has 6 nitrogen and oxygen atoms in total. The Labute approximate surface area is 119 Å². The lowest BCUT2D eigenvalue weighted by atomic mass is 10.1. The van der Waals surface area contributed by atoms with E-state index in [1.54, 1.807) is 32.0 Å². The number of hydrogen-bond acceptors (Lipinski definition) is 5. The topological polar surface area (TPSA) is 83.9 Å². The Morgan fingerprint density at radius 2 is 2.00 bits per heavy atom. The van der Waals surface area contributed by atoms with Crippen LogP contribution >= 0.6 is 0 Å². The molecule has 0 aliphatic carbocycles. The van der Waals surface area contributed by atoms with Gasteiger partial charge in [0, 0.05) is 12.6 Å². The van der Waals surface area contributed by atoms with Crippen LogP contribution in [0.4, 0.5) is 0 Å². The number of hydrogen-bond donors (Lipinski definition) is 1. The minimum atomic E-state index is -3.80. The maximum atomic E-state index is 12.1. The minimum Gasteiger partial charge on any atom is -0.508 e. The van der Waals surface area contributed by atoms with Crippen molar-refractivity contribution in [2.24, 2.45) is 0 Å². The number of carbonyl (C=O) groups is 1. The Hall–Kier alpha value is -1.60. The first kappa shape index (κ1) is 16.5. The van der Waals surface area contributed by atoms with Crippen LogP contribution in [0.2, 0.25) is 0 Å². The van der Waals surface area contributed by atoms with Crippen molar-refractivity contribution in [3.8, 4) is 5.75 Å². The molecule has 1 aromatic rings. The zero-order valence-corrected chi connectivity index (χ0v) is 12.6. The Kier molecular flexibility index (Phi) is 5.52. The van der Waals surface area contributed by atoms with Crippen LogP contribution in [0.25, 0.3) is 0 Å². The molecule has 1 unspecified atom stereocenters. The summed E-state index contributed by atoms with van der Waals surface area (Å²) in [6, 6.07) is 5.89. The van der Waals surface area contributed by atoms with E-state index in [0.29, 0.717) is 5.56 Å². The highest BCUT2D eigenvalue weighted by Gasteiger charge is 2.28. The van der Waals surface area contributed by atoms with Gasteiger partial charge in [0.2, 0.25) is 10.0 Å². The molecule has 0 aliphatic rings. The number of nitrogens with zero attached hydrogens (tertiary/aromatic N) is 1. The van der Waals surface area contributed by atoms with Gasteiger partial charge >= 0.3 is 5.97 Å². The second-order valence-corrected chi connectivity index (χ2v) is 6.34. The fourth-order valence-electron chi connectivity index (χ4n) is 1.73. The number of esters is 1. The molecule has 7 heteroatoms. The molecule has 112 valence electrons. The van der Waals surface area contributed by atoms with E-state index in [1.807, 2.05) is 0 Å². The smallest absolute Gasteiger partial charge is 0.322 e. The highest BCUT2D eigenvalue weighted by Crippen LogP contribution is 2.28. The predicted molar refractivity (Wildman–Crippen MR) is 74.7 cm³/mol. The van der Waals surface area contributed by atoms with E-state index in [2.05, 4.69) is 4.74 Å². The molecule has 0 saturated heterocycles. The highest BCUT2D eigenvalue weighted by molar-refractivity contribution is 7.89. The molecule has 1 aromatic carbocycles. The van der Waals surface area contributed by atoms with Gasteiger partial charge in [-0.2, -0.15) is 4.31 Å². The molecule has 0 fully saturated rings. The van der Waals surface area contributed by atoms with Crippen LogP contribution in [0.1, 0.15) is 25.5 Å². The zero-order chi connectivity index (χ0) is 15.3. The maximum absolute atomic E-state index is 12.1. The summed E-state index contributed by atoms with van der Waals surface area (Å²) >= 11 is 0. The minimum absolute atomic E-state index is 0.0122. The van der Waals surface area contributed by atoms with Gasteiger partial charge in [-0.15, -0.1) is 0 Å². The molecule has 0 amide bonds. The summed E-state index contributed by atoms with van der Waals surface area (Å²) in [6.45, 7) is 3.38. The van der Waals surface area contributed by atoms with Crippen LogP contribution in [0.15, 0.2) is 24.3 Å². The van der Waals surface area contributed by atoms with Crippen molar-refractivity contribution in [2.45, 2.75) is 19.9 Å². The van der Waals surface area contributed by atoms with Crippen molar-refractivity contribution >= 4 is 16.0 Å². The molecule has 1 N–H and O–H groups in total. The van der Waals surface area contributed by atoms with E-state index >= 15 is 0 Å². The van der Waals surface area contributed by atoms with Gasteiger partial charge < -0.3 is 9.84 Å². The second kappa shape index (κ2) is 6.71. The first-order chi connectivity index (χ1) is 9.29. The van der Waals surface area contributed by atoms with Gasteiger partial charge in [-0.25, -0.2) is 8.42 Å². The first-order valence-corrected chi connectivity index (χ1v) is 7.79. The van der Waals surface area contributed by atoms with Crippen molar-refractivity contribution in [3.63, 3.8) is 0 Å². The number of carbonyl (C=O) groups excluding carboxylic acids is 1. The fourth-order valence-corrected chi connectivity index (χ4v) is 2.91. The van der Waals surface area contributed by atoms with Gasteiger partial charge in [0.1, 0.15) is 5.75 Å². The molecule has 1 rings (SSSR count). The molecule has 20 heavy (non-hydrogen) atoms. The van der Waals surface area contributed by atoms with Gasteiger partial charge in [0.05, 0.1) is 12.6 Å². The summed E-state index contributed by atoms with van der Waals surface area (Å²) in [5.41, 5.74) is 0.474. The predicted octanol–water partition coefficient (Wildman–Crippen LogP) is 1.28. The van der Waals surface area contributed by atoms with E-state index in [9.17, 15) is 18.3 Å². The molecule has 0 spiro atoms. The quantitative estimate of drug-likeness (QED) is 0.800. The molecule has 0 saturated carbocycles. The Morgan fingerprint density at radius 3 is 2.55 bits per heavy atom. The van der Waals surface area contributed by atoms with E-state index in [0.717, 1.165) is 4.31 Å². The number of rotatable bonds is 6. The van der Waals surface area contributed by atoms with Crippen LogP contribution in [0.5, 0.6) is 5.75 Å². The van der Waals surface area contributed by atoms with Gasteiger partial charge in [-0.05, 0) is 19.9 Å². The van der Waals surface area contributed by atoms with Crippen LogP contribution in [0.3, 0.4) is 0 Å². The number of benzene rings is 1. The molecule has 1 atom stereocenters. The Bertz CT molecular complexity index is 570. The number of phenolic OH excluding ortho intramolecular Hbond substituents is 1.